The fourth-order valence-corrected chi connectivity index (χ4v) is 4.08. The van der Waals surface area contributed by atoms with E-state index in [2.05, 4.69) is 15.8 Å². The number of amides is 2. The average Bonchev–Trinajstić information content (AvgIpc) is 3.47. The van der Waals surface area contributed by atoms with Gasteiger partial charge in [-0.25, -0.2) is 9.59 Å². The summed E-state index contributed by atoms with van der Waals surface area (Å²) in [7, 11) is 1.42. The largest absolute Gasteiger partial charge is 0.476 e. The van der Waals surface area contributed by atoms with Gasteiger partial charge in [-0.05, 0) is 29.2 Å². The number of nitrogens with zero attached hydrogens (tertiary/aromatic N) is 1. The van der Waals surface area contributed by atoms with Crippen molar-refractivity contribution >= 4 is 18.0 Å². The maximum absolute atomic E-state index is 12.7. The third-order valence-electron chi connectivity index (χ3n) is 5.96. The lowest BCUT2D eigenvalue weighted by molar-refractivity contribution is -0.126. The Bertz CT molecular complexity index is 1190. The van der Waals surface area contributed by atoms with Gasteiger partial charge in [-0.1, -0.05) is 53.7 Å². The van der Waals surface area contributed by atoms with E-state index in [4.69, 9.17) is 19.1 Å². The molecule has 0 aliphatic heterocycles. The lowest BCUT2D eigenvalue weighted by Crippen LogP contribution is -2.53. The average molecular weight is 479 g/mol. The molecule has 35 heavy (non-hydrogen) atoms. The van der Waals surface area contributed by atoms with Crippen molar-refractivity contribution in [1.82, 2.24) is 15.8 Å². The number of carboxylic acids is 1. The van der Waals surface area contributed by atoms with Gasteiger partial charge >= 0.3 is 12.1 Å². The Hall–Kier alpha value is -4.18. The van der Waals surface area contributed by atoms with Crippen LogP contribution in [-0.2, 0) is 20.8 Å². The van der Waals surface area contributed by atoms with E-state index in [1.54, 1.807) is 6.92 Å². The molecule has 4 rings (SSSR count). The topological polar surface area (TPSA) is 140 Å². The predicted molar refractivity (Wildman–Crippen MR) is 124 cm³/mol. The summed E-state index contributed by atoms with van der Waals surface area (Å²) in [6.07, 6.45) is -1.43. The molecule has 2 unspecified atom stereocenters. The van der Waals surface area contributed by atoms with Crippen LogP contribution in [0, 0.1) is 0 Å². The number of rotatable bonds is 9. The molecule has 2 atom stereocenters. The standard InChI is InChI=1S/C25H25N3O7/c1-14(33-2)22(23(29)26-12-15-11-21(24(30)31)28-35-15)27-25(32)34-13-20-18-9-5-3-7-16(18)17-8-4-6-10-19(17)20/h3-11,14,20,22H,12-13H2,1-2H3,(H,26,29)(H,27,32)(H,30,31). The van der Waals surface area contributed by atoms with Gasteiger partial charge in [0.2, 0.25) is 5.91 Å². The number of fused-ring (bicyclic) bond motifs is 3. The number of nitrogens with one attached hydrogen (secondary N) is 2. The van der Waals surface area contributed by atoms with Gasteiger partial charge < -0.3 is 29.7 Å². The third-order valence-corrected chi connectivity index (χ3v) is 5.96. The number of benzene rings is 2. The zero-order valence-electron chi connectivity index (χ0n) is 19.2. The van der Waals surface area contributed by atoms with E-state index in [-0.39, 0.29) is 30.5 Å². The van der Waals surface area contributed by atoms with Crippen LogP contribution < -0.4 is 10.6 Å². The molecule has 0 radical (unpaired) electrons. The smallest absolute Gasteiger partial charge is 0.407 e. The van der Waals surface area contributed by atoms with E-state index in [0.29, 0.717) is 0 Å². The second-order valence-electron chi connectivity index (χ2n) is 8.09. The van der Waals surface area contributed by atoms with Crippen LogP contribution in [-0.4, -0.2) is 54.1 Å². The van der Waals surface area contributed by atoms with Crippen LogP contribution >= 0.6 is 0 Å². The molecule has 182 valence electrons. The quantitative estimate of drug-likeness (QED) is 0.426. The maximum atomic E-state index is 12.7. The summed E-state index contributed by atoms with van der Waals surface area (Å²) >= 11 is 0. The summed E-state index contributed by atoms with van der Waals surface area (Å²) in [5.41, 5.74) is 4.11. The van der Waals surface area contributed by atoms with Crippen molar-refractivity contribution in [2.45, 2.75) is 31.5 Å². The molecule has 10 heteroatoms. The van der Waals surface area contributed by atoms with Crippen molar-refractivity contribution in [2.24, 2.45) is 0 Å². The molecule has 1 aliphatic rings. The molecule has 0 bridgehead atoms. The summed E-state index contributed by atoms with van der Waals surface area (Å²) < 4.78 is 15.7. The number of ether oxygens (including phenoxy) is 2. The molecule has 3 N–H and O–H groups in total. The summed E-state index contributed by atoms with van der Waals surface area (Å²) in [5, 5.41) is 17.4. The molecular formula is C25H25N3O7. The Morgan fingerprint density at radius 3 is 2.29 bits per heavy atom. The van der Waals surface area contributed by atoms with Gasteiger partial charge in [-0.3, -0.25) is 4.79 Å². The lowest BCUT2D eigenvalue weighted by atomic mass is 9.98. The maximum Gasteiger partial charge on any atom is 0.407 e. The van der Waals surface area contributed by atoms with Gasteiger partial charge in [0, 0.05) is 19.1 Å². The van der Waals surface area contributed by atoms with Crippen molar-refractivity contribution in [3.8, 4) is 11.1 Å². The van der Waals surface area contributed by atoms with Crippen LogP contribution in [0.1, 0.15) is 40.2 Å². The van der Waals surface area contributed by atoms with Crippen LogP contribution in [0.5, 0.6) is 0 Å². The first-order valence-corrected chi connectivity index (χ1v) is 11.0. The van der Waals surface area contributed by atoms with Gasteiger partial charge in [-0.2, -0.15) is 0 Å². The van der Waals surface area contributed by atoms with Crippen LogP contribution in [0.2, 0.25) is 0 Å². The van der Waals surface area contributed by atoms with Gasteiger partial charge in [0.15, 0.2) is 11.5 Å². The lowest BCUT2D eigenvalue weighted by Gasteiger charge is -2.23. The second-order valence-corrected chi connectivity index (χ2v) is 8.09. The van der Waals surface area contributed by atoms with Gasteiger partial charge in [-0.15, -0.1) is 0 Å². The van der Waals surface area contributed by atoms with Crippen molar-refractivity contribution < 1.29 is 33.5 Å². The number of alkyl carbamates (subject to hydrolysis) is 1. The van der Waals surface area contributed by atoms with Crippen molar-refractivity contribution in [3.05, 3.63) is 77.2 Å². The zero-order chi connectivity index (χ0) is 24.9. The number of methoxy groups -OCH3 is 1. The Balaban J connectivity index is 1.38. The molecule has 2 amide bonds. The minimum atomic E-state index is -1.24. The molecule has 2 aromatic carbocycles. The number of carboxylic acid groups (broad SMARTS) is 1. The molecule has 0 saturated heterocycles. The first-order chi connectivity index (χ1) is 16.9. The van der Waals surface area contributed by atoms with Crippen LogP contribution in [0.4, 0.5) is 4.79 Å². The molecule has 0 spiro atoms. The first-order valence-electron chi connectivity index (χ1n) is 11.0. The van der Waals surface area contributed by atoms with Gasteiger partial charge in [0.1, 0.15) is 12.6 Å². The molecule has 1 aromatic heterocycles. The Labute approximate surface area is 201 Å². The summed E-state index contributed by atoms with van der Waals surface area (Å²) in [4.78, 5) is 36.3. The van der Waals surface area contributed by atoms with E-state index in [1.807, 2.05) is 48.5 Å². The Morgan fingerprint density at radius 1 is 1.09 bits per heavy atom. The fourth-order valence-electron chi connectivity index (χ4n) is 4.08. The van der Waals surface area contributed by atoms with Crippen molar-refractivity contribution in [1.29, 1.82) is 0 Å². The number of aromatic nitrogens is 1. The minimum absolute atomic E-state index is 0.103. The molecule has 1 heterocycles. The van der Waals surface area contributed by atoms with E-state index in [9.17, 15) is 14.4 Å². The van der Waals surface area contributed by atoms with Crippen molar-refractivity contribution in [3.63, 3.8) is 0 Å². The normalized spacial score (nSPS) is 13.9. The SMILES string of the molecule is COC(C)C(NC(=O)OCC1c2ccccc2-c2ccccc21)C(=O)NCc1cc(C(=O)O)no1. The van der Waals surface area contributed by atoms with Crippen LogP contribution in [0.15, 0.2) is 59.1 Å². The summed E-state index contributed by atoms with van der Waals surface area (Å²) in [6, 6.07) is 16.1. The number of carbonyl (C=O) groups excluding carboxylic acids is 2. The summed E-state index contributed by atoms with van der Waals surface area (Å²) in [6.45, 7) is 1.62. The highest BCUT2D eigenvalue weighted by Gasteiger charge is 2.31. The third kappa shape index (κ3) is 5.17. The van der Waals surface area contributed by atoms with E-state index >= 15 is 0 Å². The summed E-state index contributed by atoms with van der Waals surface area (Å²) in [5.74, 6) is -1.76. The fraction of sp³-hybridized carbons (Fsp3) is 0.280. The Morgan fingerprint density at radius 2 is 1.71 bits per heavy atom. The van der Waals surface area contributed by atoms with Crippen molar-refractivity contribution in [2.75, 3.05) is 13.7 Å². The molecule has 0 saturated carbocycles. The Kier molecular flexibility index (Phi) is 7.11. The molecular weight excluding hydrogens is 454 g/mol. The zero-order valence-corrected chi connectivity index (χ0v) is 19.2. The minimum Gasteiger partial charge on any atom is -0.476 e. The molecule has 10 nitrogen and oxygen atoms in total. The highest BCUT2D eigenvalue weighted by molar-refractivity contribution is 5.87. The van der Waals surface area contributed by atoms with Gasteiger partial charge in [0.25, 0.3) is 0 Å². The molecule has 0 fully saturated rings. The van der Waals surface area contributed by atoms with E-state index in [0.717, 1.165) is 22.3 Å². The number of hydrogen-bond donors (Lipinski definition) is 3. The van der Waals surface area contributed by atoms with Gasteiger partial charge in [0.05, 0.1) is 12.6 Å². The first kappa shape index (κ1) is 24.0. The molecule has 3 aromatic rings. The van der Waals surface area contributed by atoms with E-state index in [1.165, 1.54) is 13.2 Å². The molecule has 1 aliphatic carbocycles. The number of carbonyl (C=O) groups is 3. The predicted octanol–water partition coefficient (Wildman–Crippen LogP) is 2.93. The monoisotopic (exact) mass is 479 g/mol. The van der Waals surface area contributed by atoms with Crippen LogP contribution in [0.3, 0.4) is 0 Å². The number of aromatic carboxylic acids is 1. The highest BCUT2D eigenvalue weighted by Crippen LogP contribution is 2.44. The van der Waals surface area contributed by atoms with E-state index < -0.39 is 30.1 Å². The van der Waals surface area contributed by atoms with Crippen LogP contribution in [0.25, 0.3) is 11.1 Å². The number of hydrogen-bond acceptors (Lipinski definition) is 7. The second kappa shape index (κ2) is 10.4. The highest BCUT2D eigenvalue weighted by atomic mass is 16.5.